The van der Waals surface area contributed by atoms with Crippen molar-refractivity contribution >= 4 is 15.5 Å². The van der Waals surface area contributed by atoms with Gasteiger partial charge in [0.25, 0.3) is 0 Å². The van der Waals surface area contributed by atoms with Gasteiger partial charge in [-0.2, -0.15) is 5.26 Å². The predicted octanol–water partition coefficient (Wildman–Crippen LogP) is 1.03. The van der Waals surface area contributed by atoms with E-state index in [1.54, 1.807) is 12.1 Å². The first-order chi connectivity index (χ1) is 6.54. The van der Waals surface area contributed by atoms with Gasteiger partial charge in [0.2, 0.25) is 0 Å². The molecule has 4 nitrogen and oxygen atoms in total. The topological polar surface area (TPSA) is 70.0 Å². The molecule has 1 aromatic carbocycles. The molecular formula is C9H10N2O2S. The van der Waals surface area contributed by atoms with Crippen LogP contribution in [-0.2, 0) is 9.84 Å². The zero-order chi connectivity index (χ0) is 10.6. The molecular weight excluding hydrogens is 200 g/mol. The molecule has 0 aliphatic heterocycles. The third-order valence-corrected chi connectivity index (χ3v) is 2.78. The van der Waals surface area contributed by atoms with Crippen LogP contribution in [0, 0.1) is 11.3 Å². The van der Waals surface area contributed by atoms with Gasteiger partial charge in [-0.25, -0.2) is 8.42 Å². The van der Waals surface area contributed by atoms with Gasteiger partial charge in [0, 0.05) is 11.9 Å². The number of benzene rings is 1. The van der Waals surface area contributed by atoms with Crippen LogP contribution in [0.3, 0.4) is 0 Å². The minimum Gasteiger partial charge on any atom is -0.372 e. The number of nitrogens with zero attached hydrogens (tertiary/aromatic N) is 1. The van der Waals surface area contributed by atoms with Gasteiger partial charge < -0.3 is 5.32 Å². The second kappa shape index (κ2) is 4.11. The molecule has 0 aromatic heterocycles. The molecule has 1 N–H and O–H groups in total. The number of rotatable bonds is 3. The molecule has 0 aliphatic carbocycles. The van der Waals surface area contributed by atoms with Crippen LogP contribution in [0.25, 0.3) is 0 Å². The Morgan fingerprint density at radius 2 is 1.93 bits per heavy atom. The van der Waals surface area contributed by atoms with E-state index in [-0.39, 0.29) is 11.4 Å². The van der Waals surface area contributed by atoms with Gasteiger partial charge in [-0.05, 0) is 24.3 Å². The molecule has 0 bridgehead atoms. The summed E-state index contributed by atoms with van der Waals surface area (Å²) in [6.45, 7) is 0.207. The second-order valence-corrected chi connectivity index (χ2v) is 4.82. The van der Waals surface area contributed by atoms with Gasteiger partial charge in [0.05, 0.1) is 11.0 Å². The molecule has 14 heavy (non-hydrogen) atoms. The van der Waals surface area contributed by atoms with E-state index in [0.717, 1.165) is 11.9 Å². The second-order valence-electron chi connectivity index (χ2n) is 2.81. The summed E-state index contributed by atoms with van der Waals surface area (Å²) >= 11 is 0. The summed E-state index contributed by atoms with van der Waals surface area (Å²) in [6.07, 6.45) is 1.16. The lowest BCUT2D eigenvalue weighted by atomic mass is 10.3. The number of nitrogens with one attached hydrogen (secondary N) is 1. The highest BCUT2D eigenvalue weighted by Crippen LogP contribution is 2.13. The van der Waals surface area contributed by atoms with Crippen molar-refractivity contribution in [1.82, 2.24) is 0 Å². The van der Waals surface area contributed by atoms with Crippen molar-refractivity contribution in [1.29, 1.82) is 5.26 Å². The van der Waals surface area contributed by atoms with E-state index in [1.165, 1.54) is 12.1 Å². The van der Waals surface area contributed by atoms with Gasteiger partial charge in [0.15, 0.2) is 9.84 Å². The molecule has 74 valence electrons. The first kappa shape index (κ1) is 10.5. The number of hydrogen-bond donors (Lipinski definition) is 1. The summed E-state index contributed by atoms with van der Waals surface area (Å²) in [5, 5.41) is 11.1. The Balaban J connectivity index is 2.86. The molecule has 0 fully saturated rings. The summed E-state index contributed by atoms with van der Waals surface area (Å²) < 4.78 is 22.2. The number of nitriles is 1. The fourth-order valence-electron chi connectivity index (χ4n) is 0.962. The van der Waals surface area contributed by atoms with Crippen molar-refractivity contribution in [3.05, 3.63) is 24.3 Å². The Hall–Kier alpha value is -1.54. The van der Waals surface area contributed by atoms with Crippen molar-refractivity contribution in [3.8, 4) is 6.07 Å². The molecule has 0 radical (unpaired) electrons. The number of anilines is 1. The minimum absolute atomic E-state index is 0.207. The average molecular weight is 210 g/mol. The van der Waals surface area contributed by atoms with Gasteiger partial charge in [-0.15, -0.1) is 0 Å². The van der Waals surface area contributed by atoms with Crippen LogP contribution < -0.4 is 5.32 Å². The molecule has 1 aromatic rings. The van der Waals surface area contributed by atoms with Crippen molar-refractivity contribution in [3.63, 3.8) is 0 Å². The molecule has 0 heterocycles. The first-order valence-electron chi connectivity index (χ1n) is 3.95. The molecule has 0 saturated carbocycles. The molecule has 5 heteroatoms. The van der Waals surface area contributed by atoms with Crippen LogP contribution in [-0.4, -0.2) is 21.2 Å². The summed E-state index contributed by atoms with van der Waals surface area (Å²) in [6, 6.07) is 8.21. The molecule has 0 aliphatic rings. The van der Waals surface area contributed by atoms with Crippen LogP contribution in [0.4, 0.5) is 5.69 Å². The third kappa shape index (κ3) is 2.75. The van der Waals surface area contributed by atoms with Crippen molar-refractivity contribution in [2.24, 2.45) is 0 Å². The zero-order valence-electron chi connectivity index (χ0n) is 7.69. The maximum Gasteiger partial charge on any atom is 0.175 e. The average Bonchev–Trinajstić information content (AvgIpc) is 2.14. The smallest absolute Gasteiger partial charge is 0.175 e. The maximum atomic E-state index is 11.1. The van der Waals surface area contributed by atoms with Crippen LogP contribution >= 0.6 is 0 Å². The van der Waals surface area contributed by atoms with E-state index < -0.39 is 9.84 Å². The van der Waals surface area contributed by atoms with E-state index in [4.69, 9.17) is 5.26 Å². The quantitative estimate of drug-likeness (QED) is 0.756. The van der Waals surface area contributed by atoms with Gasteiger partial charge in [0.1, 0.15) is 6.54 Å². The molecule has 0 saturated heterocycles. The van der Waals surface area contributed by atoms with Crippen molar-refractivity contribution < 1.29 is 8.42 Å². The largest absolute Gasteiger partial charge is 0.372 e. The molecule has 0 atom stereocenters. The van der Waals surface area contributed by atoms with Crippen LogP contribution in [0.2, 0.25) is 0 Å². The van der Waals surface area contributed by atoms with Gasteiger partial charge in [-0.1, -0.05) is 0 Å². The summed E-state index contributed by atoms with van der Waals surface area (Å²) in [7, 11) is -3.13. The Morgan fingerprint density at radius 1 is 1.36 bits per heavy atom. The zero-order valence-corrected chi connectivity index (χ0v) is 8.50. The standard InChI is InChI=1S/C9H10N2O2S/c1-14(12,13)9-4-2-8(3-5-9)11-7-6-10/h2-5,11H,7H2,1H3. The van der Waals surface area contributed by atoms with Crippen molar-refractivity contribution in [2.75, 3.05) is 18.1 Å². The molecule has 0 amide bonds. The van der Waals surface area contributed by atoms with E-state index in [1.807, 2.05) is 6.07 Å². The SMILES string of the molecule is CS(=O)(=O)c1ccc(NCC#N)cc1. The Labute approximate surface area is 83.1 Å². The van der Waals surface area contributed by atoms with E-state index in [0.29, 0.717) is 0 Å². The lowest BCUT2D eigenvalue weighted by molar-refractivity contribution is 0.602. The predicted molar refractivity (Wildman–Crippen MR) is 53.7 cm³/mol. The number of sulfone groups is 1. The van der Waals surface area contributed by atoms with Crippen LogP contribution in [0.15, 0.2) is 29.2 Å². The maximum absolute atomic E-state index is 11.1. The third-order valence-electron chi connectivity index (χ3n) is 1.65. The Bertz CT molecular complexity index is 443. The first-order valence-corrected chi connectivity index (χ1v) is 5.84. The molecule has 0 spiro atoms. The fraction of sp³-hybridized carbons (Fsp3) is 0.222. The summed E-state index contributed by atoms with van der Waals surface area (Å²) in [5.74, 6) is 0. The highest BCUT2D eigenvalue weighted by atomic mass is 32.2. The van der Waals surface area contributed by atoms with E-state index in [2.05, 4.69) is 5.32 Å². The van der Waals surface area contributed by atoms with Crippen LogP contribution in [0.5, 0.6) is 0 Å². The monoisotopic (exact) mass is 210 g/mol. The molecule has 1 rings (SSSR count). The Kier molecular flexibility index (Phi) is 3.10. The lowest BCUT2D eigenvalue weighted by Crippen LogP contribution is -2.00. The lowest BCUT2D eigenvalue weighted by Gasteiger charge is -2.02. The number of hydrogen-bond acceptors (Lipinski definition) is 4. The van der Waals surface area contributed by atoms with Crippen molar-refractivity contribution in [2.45, 2.75) is 4.90 Å². The normalized spacial score (nSPS) is 10.6. The summed E-state index contributed by atoms with van der Waals surface area (Å²) in [5.41, 5.74) is 0.735. The van der Waals surface area contributed by atoms with E-state index in [9.17, 15) is 8.42 Å². The minimum atomic E-state index is -3.13. The van der Waals surface area contributed by atoms with Crippen LogP contribution in [0.1, 0.15) is 0 Å². The van der Waals surface area contributed by atoms with E-state index >= 15 is 0 Å². The summed E-state index contributed by atoms with van der Waals surface area (Å²) in [4.78, 5) is 0.278. The highest BCUT2D eigenvalue weighted by molar-refractivity contribution is 7.90. The Morgan fingerprint density at radius 3 is 2.36 bits per heavy atom. The van der Waals surface area contributed by atoms with Gasteiger partial charge in [-0.3, -0.25) is 0 Å². The van der Waals surface area contributed by atoms with Gasteiger partial charge >= 0.3 is 0 Å². The molecule has 0 unspecified atom stereocenters. The fourth-order valence-corrected chi connectivity index (χ4v) is 1.59. The highest BCUT2D eigenvalue weighted by Gasteiger charge is 2.05.